The summed E-state index contributed by atoms with van der Waals surface area (Å²) in [5, 5.41) is 0. The van der Waals surface area contributed by atoms with Crippen molar-refractivity contribution in [3.05, 3.63) is 35.9 Å². The van der Waals surface area contributed by atoms with Gasteiger partial charge in [0.1, 0.15) is 6.54 Å². The Bertz CT molecular complexity index is 207. The number of hydrogen-bond acceptors (Lipinski definition) is 0. The van der Waals surface area contributed by atoms with Crippen LogP contribution >= 0.6 is 0 Å². The van der Waals surface area contributed by atoms with Crippen molar-refractivity contribution < 1.29 is 21.9 Å². The lowest BCUT2D eigenvalue weighted by molar-refractivity contribution is -0.910. The average Bonchev–Trinajstić information content (AvgIpc) is 2.16. The van der Waals surface area contributed by atoms with E-state index in [0.29, 0.717) is 0 Å². The summed E-state index contributed by atoms with van der Waals surface area (Å²) in [5.74, 6) is 0. The molecule has 74 valence electrons. The molecule has 2 heteroatoms. The summed E-state index contributed by atoms with van der Waals surface area (Å²) in [7, 11) is 0. The van der Waals surface area contributed by atoms with Crippen LogP contribution in [-0.2, 0) is 6.54 Å². The molecule has 1 N–H and O–H groups in total. The molecule has 0 heterocycles. The monoisotopic (exact) mass is 243 g/mol. The predicted molar refractivity (Wildman–Crippen MR) is 52.2 cm³/mol. The number of nitrogens with one attached hydrogen (secondary N) is 1. The molecule has 1 rings (SSSR count). The maximum absolute atomic E-state index is 2.24. The third-order valence-electron chi connectivity index (χ3n) is 2.30. The van der Waals surface area contributed by atoms with E-state index in [-0.39, 0.29) is 17.0 Å². The van der Waals surface area contributed by atoms with Crippen molar-refractivity contribution in [3.8, 4) is 0 Å². The number of halogens is 1. The molecule has 0 aromatic heterocycles. The predicted octanol–water partition coefficient (Wildman–Crippen LogP) is -1.88. The first-order chi connectivity index (χ1) is 5.86. The minimum Gasteiger partial charge on any atom is -1.00 e. The van der Waals surface area contributed by atoms with Gasteiger partial charge in [-0.05, 0) is 13.8 Å². The molecule has 1 aromatic carbocycles. The minimum atomic E-state index is 0. The summed E-state index contributed by atoms with van der Waals surface area (Å²) in [6, 6.07) is 10.7. The van der Waals surface area contributed by atoms with Crippen molar-refractivity contribution in [2.24, 2.45) is 0 Å². The van der Waals surface area contributed by atoms with E-state index >= 15 is 0 Å². The average molecular weight is 244 g/mol. The second-order valence-corrected chi connectivity index (χ2v) is 3.12. The Balaban J connectivity index is 0.00000144. The number of quaternary nitrogens is 1. The summed E-state index contributed by atoms with van der Waals surface area (Å²) in [4.78, 5) is 1.64. The molecule has 0 aliphatic heterocycles. The van der Waals surface area contributed by atoms with Gasteiger partial charge in [-0.1, -0.05) is 30.3 Å². The zero-order chi connectivity index (χ0) is 8.81. The molecule has 0 aliphatic carbocycles. The molecule has 0 unspecified atom stereocenters. The summed E-state index contributed by atoms with van der Waals surface area (Å²) < 4.78 is 0. The zero-order valence-corrected chi connectivity index (χ0v) is 9.97. The van der Waals surface area contributed by atoms with E-state index in [1.54, 1.807) is 4.90 Å². The Morgan fingerprint density at radius 3 is 2.00 bits per heavy atom. The molecule has 0 amide bonds. The van der Waals surface area contributed by atoms with Crippen molar-refractivity contribution >= 4 is 0 Å². The second kappa shape index (κ2) is 7.10. The third-order valence-corrected chi connectivity index (χ3v) is 2.30. The van der Waals surface area contributed by atoms with Gasteiger partial charge >= 0.3 is 0 Å². The Morgan fingerprint density at radius 2 is 1.54 bits per heavy atom. The fourth-order valence-corrected chi connectivity index (χ4v) is 1.38. The van der Waals surface area contributed by atoms with E-state index < -0.39 is 0 Å². The summed E-state index contributed by atoms with van der Waals surface area (Å²) in [6.07, 6.45) is 0. The van der Waals surface area contributed by atoms with Crippen LogP contribution in [0, 0.1) is 0 Å². The Morgan fingerprint density at radius 1 is 1.00 bits per heavy atom. The van der Waals surface area contributed by atoms with Gasteiger partial charge in [0.25, 0.3) is 0 Å². The van der Waals surface area contributed by atoms with Crippen molar-refractivity contribution in [3.63, 3.8) is 0 Å². The van der Waals surface area contributed by atoms with Gasteiger partial charge in [0, 0.05) is 5.56 Å². The molecule has 0 bridgehead atoms. The molecule has 0 spiro atoms. The Kier molecular flexibility index (Phi) is 6.92. The third kappa shape index (κ3) is 4.44. The van der Waals surface area contributed by atoms with Crippen LogP contribution < -0.4 is 21.9 Å². The van der Waals surface area contributed by atoms with Gasteiger partial charge in [0.15, 0.2) is 0 Å². The van der Waals surface area contributed by atoms with Gasteiger partial charge in [-0.3, -0.25) is 0 Å². The van der Waals surface area contributed by atoms with E-state index in [1.807, 2.05) is 0 Å². The van der Waals surface area contributed by atoms with Crippen molar-refractivity contribution in [2.45, 2.75) is 20.4 Å². The number of benzene rings is 1. The smallest absolute Gasteiger partial charge is 0.103 e. The summed E-state index contributed by atoms with van der Waals surface area (Å²) in [5.41, 5.74) is 1.44. The second-order valence-electron chi connectivity index (χ2n) is 3.12. The highest BCUT2D eigenvalue weighted by Gasteiger charge is 2.02. The highest BCUT2D eigenvalue weighted by molar-refractivity contribution is 5.13. The van der Waals surface area contributed by atoms with Gasteiger partial charge in [0.2, 0.25) is 0 Å². The normalized spacial score (nSPS) is 9.77. The van der Waals surface area contributed by atoms with Gasteiger partial charge < -0.3 is 21.9 Å². The molecule has 1 aromatic rings. The molecule has 0 atom stereocenters. The van der Waals surface area contributed by atoms with Crippen LogP contribution in [0.4, 0.5) is 0 Å². The van der Waals surface area contributed by atoms with Gasteiger partial charge in [-0.15, -0.1) is 0 Å². The van der Waals surface area contributed by atoms with Crippen LogP contribution in [0.2, 0.25) is 0 Å². The summed E-state index contributed by atoms with van der Waals surface area (Å²) >= 11 is 0. The zero-order valence-electron chi connectivity index (χ0n) is 8.39. The van der Waals surface area contributed by atoms with E-state index in [1.165, 1.54) is 18.7 Å². The Hall–Kier alpha value is -0.340. The molecular formula is C11H18BrN. The molecular weight excluding hydrogens is 226 g/mol. The first-order valence-corrected chi connectivity index (χ1v) is 4.74. The van der Waals surface area contributed by atoms with Crippen LogP contribution in [0.15, 0.2) is 30.3 Å². The largest absolute Gasteiger partial charge is 1.00 e. The highest BCUT2D eigenvalue weighted by Crippen LogP contribution is 1.94. The lowest BCUT2D eigenvalue weighted by Gasteiger charge is -2.14. The maximum Gasteiger partial charge on any atom is 0.103 e. The van der Waals surface area contributed by atoms with Crippen LogP contribution in [0.5, 0.6) is 0 Å². The molecule has 1 nitrogen and oxygen atoms in total. The quantitative estimate of drug-likeness (QED) is 0.632. The van der Waals surface area contributed by atoms with Crippen molar-refractivity contribution in [1.29, 1.82) is 0 Å². The van der Waals surface area contributed by atoms with E-state index in [2.05, 4.69) is 44.2 Å². The van der Waals surface area contributed by atoms with E-state index in [0.717, 1.165) is 6.54 Å². The van der Waals surface area contributed by atoms with Crippen molar-refractivity contribution in [1.82, 2.24) is 0 Å². The fraction of sp³-hybridized carbons (Fsp3) is 0.455. The molecule has 0 aliphatic rings. The lowest BCUT2D eigenvalue weighted by Crippen LogP contribution is -3.10. The van der Waals surface area contributed by atoms with Gasteiger partial charge in [0.05, 0.1) is 13.1 Å². The van der Waals surface area contributed by atoms with Gasteiger partial charge in [-0.2, -0.15) is 0 Å². The van der Waals surface area contributed by atoms with Crippen LogP contribution in [0.3, 0.4) is 0 Å². The first-order valence-electron chi connectivity index (χ1n) is 4.74. The summed E-state index contributed by atoms with van der Waals surface area (Å²) in [6.45, 7) is 8.06. The highest BCUT2D eigenvalue weighted by atomic mass is 79.9. The topological polar surface area (TPSA) is 4.44 Å². The van der Waals surface area contributed by atoms with E-state index in [9.17, 15) is 0 Å². The van der Waals surface area contributed by atoms with Crippen LogP contribution in [0.1, 0.15) is 19.4 Å². The SMILES string of the molecule is CC[NH+](CC)Cc1ccccc1.[Br-]. The lowest BCUT2D eigenvalue weighted by atomic mass is 10.2. The van der Waals surface area contributed by atoms with Gasteiger partial charge in [-0.25, -0.2) is 0 Å². The van der Waals surface area contributed by atoms with Crippen LogP contribution in [-0.4, -0.2) is 13.1 Å². The molecule has 0 saturated heterocycles. The molecule has 0 saturated carbocycles. The first kappa shape index (κ1) is 12.7. The minimum absolute atomic E-state index is 0. The number of rotatable bonds is 4. The van der Waals surface area contributed by atoms with Crippen molar-refractivity contribution in [2.75, 3.05) is 13.1 Å². The van der Waals surface area contributed by atoms with Crippen LogP contribution in [0.25, 0.3) is 0 Å². The standard InChI is InChI=1S/C11H17N.BrH/c1-3-12(4-2)10-11-8-6-5-7-9-11;/h5-9H,3-4,10H2,1-2H3;1H. The Labute approximate surface area is 91.5 Å². The molecule has 0 radical (unpaired) electrons. The molecule has 0 fully saturated rings. The van der Waals surface area contributed by atoms with E-state index in [4.69, 9.17) is 0 Å². The molecule has 13 heavy (non-hydrogen) atoms. The maximum atomic E-state index is 2.24. The number of hydrogen-bond donors (Lipinski definition) is 1. The fourth-order valence-electron chi connectivity index (χ4n) is 1.38.